The standard InChI is InChI=1S/C18H17N5O5S4/c1-9-21-22-17(32-9)31-7-10-6-30-16-18(19-8-24,15(28)23(16)13(10)14(26)27)20-12(25)5-11-3-2-4-29-11/h2-4,8,16H,5-7H2,1H3,(H,19,24)(H,20,25)(H,26,27)/t16-,18+/m0/s1. The van der Waals surface area contributed by atoms with Crippen molar-refractivity contribution in [3.63, 3.8) is 0 Å². The second kappa shape index (κ2) is 9.21. The van der Waals surface area contributed by atoms with Gasteiger partial charge in [-0.3, -0.25) is 19.3 Å². The summed E-state index contributed by atoms with van der Waals surface area (Å²) in [6.07, 6.45) is 0.393. The van der Waals surface area contributed by atoms with Crippen LogP contribution >= 0.6 is 46.2 Å². The van der Waals surface area contributed by atoms with E-state index in [1.54, 1.807) is 6.07 Å². The second-order valence-corrected chi connectivity index (χ2v) is 11.4. The third-order valence-electron chi connectivity index (χ3n) is 4.77. The molecular formula is C18H17N5O5S4. The number of aromatic nitrogens is 2. The summed E-state index contributed by atoms with van der Waals surface area (Å²) in [5, 5.41) is 24.7. The molecule has 0 saturated carbocycles. The van der Waals surface area contributed by atoms with Crippen LogP contribution in [0.5, 0.6) is 0 Å². The normalized spacial score (nSPS) is 22.2. The van der Waals surface area contributed by atoms with E-state index in [0.29, 0.717) is 27.8 Å². The first-order chi connectivity index (χ1) is 15.4. The summed E-state index contributed by atoms with van der Waals surface area (Å²) in [6.45, 7) is 1.83. The van der Waals surface area contributed by atoms with Gasteiger partial charge in [0.25, 0.3) is 5.91 Å². The Kier molecular flexibility index (Phi) is 6.55. The number of carboxylic acid groups (broad SMARTS) is 1. The van der Waals surface area contributed by atoms with Crippen LogP contribution in [0, 0.1) is 6.92 Å². The maximum atomic E-state index is 13.1. The molecule has 0 unspecified atom stereocenters. The lowest BCUT2D eigenvalue weighted by Gasteiger charge is -2.56. The smallest absolute Gasteiger partial charge is 0.352 e. The number of aliphatic carboxylic acids is 1. The van der Waals surface area contributed by atoms with Crippen molar-refractivity contribution in [3.05, 3.63) is 38.7 Å². The number of amides is 3. The average Bonchev–Trinajstić information content (AvgIpc) is 3.42. The van der Waals surface area contributed by atoms with Gasteiger partial charge in [0.1, 0.15) is 16.1 Å². The zero-order valence-electron chi connectivity index (χ0n) is 16.6. The molecule has 0 radical (unpaired) electrons. The summed E-state index contributed by atoms with van der Waals surface area (Å²) in [5.41, 5.74) is -1.24. The maximum Gasteiger partial charge on any atom is 0.352 e. The number of thiophene rings is 1. The lowest BCUT2D eigenvalue weighted by Crippen LogP contribution is -2.85. The van der Waals surface area contributed by atoms with Gasteiger partial charge in [-0.1, -0.05) is 29.2 Å². The molecule has 32 heavy (non-hydrogen) atoms. The third kappa shape index (κ3) is 4.14. The van der Waals surface area contributed by atoms with Crippen molar-refractivity contribution < 1.29 is 24.3 Å². The Bertz CT molecular complexity index is 1100. The van der Waals surface area contributed by atoms with Gasteiger partial charge in [0.15, 0.2) is 4.34 Å². The molecule has 168 valence electrons. The Morgan fingerprint density at radius 1 is 1.44 bits per heavy atom. The largest absolute Gasteiger partial charge is 0.477 e. The van der Waals surface area contributed by atoms with Crippen molar-refractivity contribution in [1.29, 1.82) is 0 Å². The predicted octanol–water partition coefficient (Wildman–Crippen LogP) is 1.06. The molecular weight excluding hydrogens is 494 g/mol. The first-order valence-electron chi connectivity index (χ1n) is 9.24. The number of carbonyl (C=O) groups is 4. The summed E-state index contributed by atoms with van der Waals surface area (Å²) >= 11 is 5.45. The van der Waals surface area contributed by atoms with Crippen LogP contribution in [0.3, 0.4) is 0 Å². The molecule has 2 aliphatic heterocycles. The molecule has 2 aromatic heterocycles. The lowest BCUT2D eigenvalue weighted by atomic mass is 9.95. The number of nitrogens with one attached hydrogen (secondary N) is 2. The van der Waals surface area contributed by atoms with Gasteiger partial charge in [-0.2, -0.15) is 0 Å². The number of fused-ring (bicyclic) bond motifs is 1. The Morgan fingerprint density at radius 2 is 2.25 bits per heavy atom. The molecule has 4 heterocycles. The van der Waals surface area contributed by atoms with Crippen LogP contribution in [-0.4, -0.2) is 66.9 Å². The predicted molar refractivity (Wildman–Crippen MR) is 121 cm³/mol. The van der Waals surface area contributed by atoms with E-state index in [9.17, 15) is 24.3 Å². The fourth-order valence-electron chi connectivity index (χ4n) is 3.43. The molecule has 0 aromatic carbocycles. The van der Waals surface area contributed by atoms with Gasteiger partial charge in [0.2, 0.25) is 18.0 Å². The number of β-lactam (4-membered cyclic amide) rings is 1. The molecule has 3 amide bonds. The zero-order chi connectivity index (χ0) is 22.9. The van der Waals surface area contributed by atoms with Crippen LogP contribution in [0.25, 0.3) is 0 Å². The number of rotatable bonds is 9. The summed E-state index contributed by atoms with van der Waals surface area (Å²) in [7, 11) is 0. The van der Waals surface area contributed by atoms with E-state index in [4.69, 9.17) is 0 Å². The SMILES string of the molecule is Cc1nnc(SCC2=C(C(=O)O)N3C(=O)[C@@](NC=O)(NC(=O)Cc4cccs4)[C@@H]3SC2)s1. The fourth-order valence-corrected chi connectivity index (χ4v) is 7.51. The van der Waals surface area contributed by atoms with Crippen molar-refractivity contribution in [2.75, 3.05) is 11.5 Å². The van der Waals surface area contributed by atoms with Gasteiger partial charge in [-0.15, -0.1) is 33.3 Å². The number of carbonyl (C=O) groups excluding carboxylic acids is 3. The maximum absolute atomic E-state index is 13.1. The first kappa shape index (κ1) is 22.8. The molecule has 1 saturated heterocycles. The highest BCUT2D eigenvalue weighted by molar-refractivity contribution is 8.01. The summed E-state index contributed by atoms with van der Waals surface area (Å²) in [5.74, 6) is -1.71. The molecule has 2 atom stereocenters. The van der Waals surface area contributed by atoms with Gasteiger partial charge in [-0.25, -0.2) is 4.79 Å². The first-order valence-corrected chi connectivity index (χ1v) is 13.0. The molecule has 2 aliphatic rings. The van der Waals surface area contributed by atoms with Crippen LogP contribution in [0.15, 0.2) is 33.1 Å². The highest BCUT2D eigenvalue weighted by Crippen LogP contribution is 2.45. The van der Waals surface area contributed by atoms with E-state index >= 15 is 0 Å². The highest BCUT2D eigenvalue weighted by atomic mass is 32.2. The number of carboxylic acids is 1. The minimum atomic E-state index is -1.68. The minimum absolute atomic E-state index is 0.0510. The molecule has 10 nitrogen and oxygen atoms in total. The van der Waals surface area contributed by atoms with Crippen LogP contribution in [0.1, 0.15) is 9.88 Å². The van der Waals surface area contributed by atoms with E-state index in [0.717, 1.165) is 14.8 Å². The molecule has 1 fully saturated rings. The number of hydrogen-bond donors (Lipinski definition) is 3. The van der Waals surface area contributed by atoms with E-state index in [1.807, 2.05) is 18.4 Å². The second-order valence-electron chi connectivity index (χ2n) is 6.85. The van der Waals surface area contributed by atoms with Gasteiger partial charge in [0.05, 0.1) is 6.42 Å². The van der Waals surface area contributed by atoms with Crippen molar-refractivity contribution in [2.45, 2.75) is 28.7 Å². The number of thioether (sulfide) groups is 2. The third-order valence-corrected chi connectivity index (χ3v) is 9.10. The van der Waals surface area contributed by atoms with E-state index < -0.39 is 28.8 Å². The quantitative estimate of drug-likeness (QED) is 0.195. The van der Waals surface area contributed by atoms with E-state index in [1.165, 1.54) is 46.2 Å². The van der Waals surface area contributed by atoms with Crippen molar-refractivity contribution in [3.8, 4) is 0 Å². The topological polar surface area (TPSA) is 142 Å². The molecule has 14 heteroatoms. The Morgan fingerprint density at radius 3 is 2.88 bits per heavy atom. The number of nitrogens with zero attached hydrogens (tertiary/aromatic N) is 3. The van der Waals surface area contributed by atoms with E-state index in [-0.39, 0.29) is 12.1 Å². The molecule has 3 N–H and O–H groups in total. The van der Waals surface area contributed by atoms with Gasteiger partial charge in [0, 0.05) is 16.4 Å². The molecule has 0 bridgehead atoms. The number of hydrogen-bond acceptors (Lipinski definition) is 10. The highest BCUT2D eigenvalue weighted by Gasteiger charge is 2.65. The fraction of sp³-hybridized carbons (Fsp3) is 0.333. The summed E-state index contributed by atoms with van der Waals surface area (Å²) in [4.78, 5) is 51.0. The summed E-state index contributed by atoms with van der Waals surface area (Å²) in [6, 6.07) is 3.61. The Labute approximate surface area is 198 Å². The van der Waals surface area contributed by atoms with Crippen LogP contribution in [0.4, 0.5) is 0 Å². The minimum Gasteiger partial charge on any atom is -0.477 e. The van der Waals surface area contributed by atoms with Crippen LogP contribution in [-0.2, 0) is 25.6 Å². The molecule has 0 aliphatic carbocycles. The molecule has 0 spiro atoms. The summed E-state index contributed by atoms with van der Waals surface area (Å²) < 4.78 is 0.708. The van der Waals surface area contributed by atoms with E-state index in [2.05, 4.69) is 20.8 Å². The number of aryl methyl sites for hydroxylation is 1. The van der Waals surface area contributed by atoms with Crippen molar-refractivity contribution in [2.24, 2.45) is 0 Å². The van der Waals surface area contributed by atoms with Crippen molar-refractivity contribution in [1.82, 2.24) is 25.7 Å². The van der Waals surface area contributed by atoms with Crippen molar-refractivity contribution >= 4 is 70.4 Å². The Hall–Kier alpha value is -2.42. The zero-order valence-corrected chi connectivity index (χ0v) is 19.8. The molecule has 4 rings (SSSR count). The van der Waals surface area contributed by atoms with Crippen LogP contribution in [0.2, 0.25) is 0 Å². The Balaban J connectivity index is 1.55. The van der Waals surface area contributed by atoms with Crippen LogP contribution < -0.4 is 10.6 Å². The monoisotopic (exact) mass is 511 g/mol. The van der Waals surface area contributed by atoms with Gasteiger partial charge < -0.3 is 15.7 Å². The molecule has 2 aromatic rings. The van der Waals surface area contributed by atoms with Gasteiger partial charge in [-0.05, 0) is 23.9 Å². The lowest BCUT2D eigenvalue weighted by molar-refractivity contribution is -0.162. The van der Waals surface area contributed by atoms with Gasteiger partial charge >= 0.3 is 5.97 Å². The average molecular weight is 512 g/mol.